The van der Waals surface area contributed by atoms with Gasteiger partial charge in [0.15, 0.2) is 0 Å². The van der Waals surface area contributed by atoms with E-state index in [9.17, 15) is 9.90 Å². The average Bonchev–Trinajstić information content (AvgIpc) is 2.28. The Balaban J connectivity index is 2.39. The largest absolute Gasteiger partial charge is 0.480 e. The first-order chi connectivity index (χ1) is 7.98. The number of carbonyl (C=O) groups is 1. The lowest BCUT2D eigenvalue weighted by Crippen LogP contribution is -2.51. The molecule has 1 saturated heterocycles. The Labute approximate surface area is 104 Å². The summed E-state index contributed by atoms with van der Waals surface area (Å²) in [5.41, 5.74) is -0.780. The molecule has 0 aliphatic carbocycles. The molecule has 1 fully saturated rings. The molecule has 4 nitrogen and oxygen atoms in total. The topological polar surface area (TPSA) is 52.6 Å². The summed E-state index contributed by atoms with van der Waals surface area (Å²) in [7, 11) is 0. The van der Waals surface area contributed by atoms with Gasteiger partial charge in [-0.15, -0.1) is 0 Å². The predicted octanol–water partition coefficient (Wildman–Crippen LogP) is 1.56. The van der Waals surface area contributed by atoms with E-state index in [0.29, 0.717) is 13.0 Å². The van der Waals surface area contributed by atoms with Crippen LogP contribution < -0.4 is 5.32 Å². The smallest absolute Gasteiger partial charge is 0.323 e. The number of carboxylic acid groups (broad SMARTS) is 1. The Morgan fingerprint density at radius 3 is 2.53 bits per heavy atom. The molecule has 1 heterocycles. The fourth-order valence-corrected chi connectivity index (χ4v) is 2.33. The number of aliphatic carboxylic acids is 1. The van der Waals surface area contributed by atoms with Gasteiger partial charge in [0.05, 0.1) is 0 Å². The first kappa shape index (κ1) is 14.5. The lowest BCUT2D eigenvalue weighted by Gasteiger charge is -2.33. The maximum atomic E-state index is 11.3. The molecule has 0 bridgehead atoms. The maximum Gasteiger partial charge on any atom is 0.323 e. The molecule has 0 aromatic rings. The maximum absolute atomic E-state index is 11.3. The first-order valence-corrected chi connectivity index (χ1v) is 6.68. The van der Waals surface area contributed by atoms with Gasteiger partial charge in [-0.3, -0.25) is 4.79 Å². The van der Waals surface area contributed by atoms with Crippen LogP contribution in [0.1, 0.15) is 40.0 Å². The van der Waals surface area contributed by atoms with Crippen LogP contribution in [0.2, 0.25) is 0 Å². The number of nitrogens with zero attached hydrogens (tertiary/aromatic N) is 1. The summed E-state index contributed by atoms with van der Waals surface area (Å²) < 4.78 is 0. The number of likely N-dealkylation sites (tertiary alicyclic amines) is 1. The van der Waals surface area contributed by atoms with Crippen molar-refractivity contribution in [3.05, 3.63) is 0 Å². The highest BCUT2D eigenvalue weighted by atomic mass is 16.4. The van der Waals surface area contributed by atoms with Gasteiger partial charge in [0.2, 0.25) is 0 Å². The van der Waals surface area contributed by atoms with E-state index >= 15 is 0 Å². The van der Waals surface area contributed by atoms with Crippen molar-refractivity contribution < 1.29 is 9.90 Å². The summed E-state index contributed by atoms with van der Waals surface area (Å²) >= 11 is 0. The first-order valence-electron chi connectivity index (χ1n) is 6.68. The van der Waals surface area contributed by atoms with E-state index in [0.717, 1.165) is 25.6 Å². The number of piperidine rings is 1. The second kappa shape index (κ2) is 6.36. The molecule has 100 valence electrons. The molecule has 0 spiro atoms. The average molecular weight is 242 g/mol. The third kappa shape index (κ3) is 4.28. The van der Waals surface area contributed by atoms with Crippen molar-refractivity contribution in [2.75, 3.05) is 26.2 Å². The van der Waals surface area contributed by atoms with Crippen molar-refractivity contribution in [2.45, 2.75) is 45.6 Å². The van der Waals surface area contributed by atoms with Gasteiger partial charge in [0.25, 0.3) is 0 Å². The Morgan fingerprint density at radius 2 is 2.06 bits per heavy atom. The Bertz CT molecular complexity index is 250. The molecule has 17 heavy (non-hydrogen) atoms. The monoisotopic (exact) mass is 242 g/mol. The van der Waals surface area contributed by atoms with E-state index in [1.807, 2.05) is 6.92 Å². The highest BCUT2D eigenvalue weighted by Crippen LogP contribution is 2.18. The van der Waals surface area contributed by atoms with Crippen molar-refractivity contribution in [3.63, 3.8) is 0 Å². The molecule has 4 heteroatoms. The molecule has 2 N–H and O–H groups in total. The predicted molar refractivity (Wildman–Crippen MR) is 69.2 cm³/mol. The molecule has 1 unspecified atom stereocenters. The van der Waals surface area contributed by atoms with Crippen LogP contribution in [-0.2, 0) is 4.79 Å². The van der Waals surface area contributed by atoms with E-state index in [1.54, 1.807) is 6.92 Å². The van der Waals surface area contributed by atoms with Gasteiger partial charge in [-0.25, -0.2) is 0 Å². The SMILES string of the molecule is CCNC(C)(CCN1CCC(C)CC1)C(=O)O. The molecule has 1 rings (SSSR count). The molecule has 0 aromatic heterocycles. The van der Waals surface area contributed by atoms with E-state index < -0.39 is 11.5 Å². The second-order valence-electron chi connectivity index (χ2n) is 5.44. The Kier molecular flexibility index (Phi) is 5.40. The number of hydrogen-bond donors (Lipinski definition) is 2. The fraction of sp³-hybridized carbons (Fsp3) is 0.923. The lowest BCUT2D eigenvalue weighted by molar-refractivity contribution is -0.144. The van der Waals surface area contributed by atoms with E-state index in [4.69, 9.17) is 0 Å². The van der Waals surface area contributed by atoms with Crippen LogP contribution in [0.3, 0.4) is 0 Å². The van der Waals surface area contributed by atoms with Crippen LogP contribution in [0.5, 0.6) is 0 Å². The Morgan fingerprint density at radius 1 is 1.47 bits per heavy atom. The van der Waals surface area contributed by atoms with Crippen LogP contribution in [-0.4, -0.2) is 47.7 Å². The quantitative estimate of drug-likeness (QED) is 0.742. The summed E-state index contributed by atoms with van der Waals surface area (Å²) in [6.07, 6.45) is 3.15. The molecule has 1 aliphatic rings. The van der Waals surface area contributed by atoms with Gasteiger partial charge in [-0.1, -0.05) is 13.8 Å². The summed E-state index contributed by atoms with van der Waals surface area (Å²) in [5.74, 6) is 0.0793. The summed E-state index contributed by atoms with van der Waals surface area (Å²) in [6.45, 7) is 9.82. The summed E-state index contributed by atoms with van der Waals surface area (Å²) in [5, 5.41) is 12.3. The summed E-state index contributed by atoms with van der Waals surface area (Å²) in [6, 6.07) is 0. The van der Waals surface area contributed by atoms with Crippen LogP contribution in [0.15, 0.2) is 0 Å². The standard InChI is InChI=1S/C13H26N2O2/c1-4-14-13(3,12(16)17)7-10-15-8-5-11(2)6-9-15/h11,14H,4-10H2,1-3H3,(H,16,17). The lowest BCUT2D eigenvalue weighted by atomic mass is 9.95. The number of hydrogen-bond acceptors (Lipinski definition) is 3. The summed E-state index contributed by atoms with van der Waals surface area (Å²) in [4.78, 5) is 13.6. The van der Waals surface area contributed by atoms with Crippen LogP contribution >= 0.6 is 0 Å². The number of nitrogens with one attached hydrogen (secondary N) is 1. The zero-order valence-electron chi connectivity index (χ0n) is 11.3. The van der Waals surface area contributed by atoms with Gasteiger partial charge < -0.3 is 15.3 Å². The molecule has 1 atom stereocenters. The fourth-order valence-electron chi connectivity index (χ4n) is 2.33. The molecular formula is C13H26N2O2. The van der Waals surface area contributed by atoms with Gasteiger partial charge in [0, 0.05) is 6.54 Å². The Hall–Kier alpha value is -0.610. The van der Waals surface area contributed by atoms with Crippen molar-refractivity contribution in [3.8, 4) is 0 Å². The van der Waals surface area contributed by atoms with E-state index in [-0.39, 0.29) is 0 Å². The second-order valence-corrected chi connectivity index (χ2v) is 5.44. The number of carboxylic acids is 1. The number of rotatable bonds is 6. The van der Waals surface area contributed by atoms with Crippen molar-refractivity contribution in [2.24, 2.45) is 5.92 Å². The van der Waals surface area contributed by atoms with Crippen molar-refractivity contribution in [1.29, 1.82) is 0 Å². The zero-order valence-corrected chi connectivity index (χ0v) is 11.3. The minimum absolute atomic E-state index is 0.671. The molecule has 0 radical (unpaired) electrons. The van der Waals surface area contributed by atoms with Gasteiger partial charge >= 0.3 is 5.97 Å². The highest BCUT2D eigenvalue weighted by Gasteiger charge is 2.32. The van der Waals surface area contributed by atoms with E-state index in [1.165, 1.54) is 12.8 Å². The van der Waals surface area contributed by atoms with Crippen LogP contribution in [0.4, 0.5) is 0 Å². The molecule has 1 aliphatic heterocycles. The van der Waals surface area contributed by atoms with Gasteiger partial charge in [-0.05, 0) is 51.7 Å². The molecule has 0 saturated carbocycles. The van der Waals surface area contributed by atoms with E-state index in [2.05, 4.69) is 17.1 Å². The zero-order chi connectivity index (χ0) is 12.9. The minimum Gasteiger partial charge on any atom is -0.480 e. The minimum atomic E-state index is -0.780. The van der Waals surface area contributed by atoms with Gasteiger partial charge in [0.1, 0.15) is 5.54 Å². The molecule has 0 amide bonds. The third-order valence-corrected chi connectivity index (χ3v) is 3.84. The normalized spacial score (nSPS) is 22.3. The highest BCUT2D eigenvalue weighted by molar-refractivity contribution is 5.78. The third-order valence-electron chi connectivity index (χ3n) is 3.84. The molecule has 0 aromatic carbocycles. The van der Waals surface area contributed by atoms with Gasteiger partial charge in [-0.2, -0.15) is 0 Å². The molecular weight excluding hydrogens is 216 g/mol. The van der Waals surface area contributed by atoms with Crippen LogP contribution in [0.25, 0.3) is 0 Å². The van der Waals surface area contributed by atoms with Crippen molar-refractivity contribution >= 4 is 5.97 Å². The van der Waals surface area contributed by atoms with Crippen LogP contribution in [0, 0.1) is 5.92 Å². The number of likely N-dealkylation sites (N-methyl/N-ethyl adjacent to an activating group) is 1. The van der Waals surface area contributed by atoms with Crippen molar-refractivity contribution in [1.82, 2.24) is 10.2 Å².